The van der Waals surface area contributed by atoms with E-state index < -0.39 is 0 Å². The van der Waals surface area contributed by atoms with Gasteiger partial charge in [-0.25, -0.2) is 4.98 Å². The predicted molar refractivity (Wildman–Crippen MR) is 99.1 cm³/mol. The Morgan fingerprint density at radius 2 is 2.17 bits per heavy atom. The van der Waals surface area contributed by atoms with Crippen molar-refractivity contribution in [2.75, 3.05) is 50.5 Å². The summed E-state index contributed by atoms with van der Waals surface area (Å²) in [4.78, 5) is 22.9. The number of morpholine rings is 1. The first-order valence-corrected chi connectivity index (χ1v) is 10.3. The normalized spacial score (nSPS) is 21.6. The zero-order valence-electron chi connectivity index (χ0n) is 13.7. The lowest BCUT2D eigenvalue weighted by Gasteiger charge is -2.29. The molecule has 1 aromatic heterocycles. The second kappa shape index (κ2) is 6.90. The highest BCUT2D eigenvalue weighted by atomic mass is 32.2. The van der Waals surface area contributed by atoms with Crippen molar-refractivity contribution in [2.45, 2.75) is 11.3 Å². The van der Waals surface area contributed by atoms with Crippen molar-refractivity contribution in [2.24, 2.45) is 5.92 Å². The van der Waals surface area contributed by atoms with E-state index in [4.69, 9.17) is 9.72 Å². The lowest BCUT2D eigenvalue weighted by Crippen LogP contribution is -2.44. The van der Waals surface area contributed by atoms with Gasteiger partial charge in [-0.3, -0.25) is 4.79 Å². The first-order chi connectivity index (χ1) is 11.7. The van der Waals surface area contributed by atoms with E-state index in [2.05, 4.69) is 29.4 Å². The van der Waals surface area contributed by atoms with E-state index in [1.54, 1.807) is 23.1 Å². The van der Waals surface area contributed by atoms with Crippen LogP contribution in [0, 0.1) is 5.92 Å². The molecule has 1 aromatic carbocycles. The van der Waals surface area contributed by atoms with Gasteiger partial charge in [0.1, 0.15) is 0 Å². The van der Waals surface area contributed by atoms with Crippen molar-refractivity contribution >= 4 is 44.4 Å². The molecule has 24 heavy (non-hydrogen) atoms. The summed E-state index contributed by atoms with van der Waals surface area (Å²) in [7, 11) is 0. The molecule has 7 heteroatoms. The standard InChI is InChI=1S/C17H21N3O2S2/c1-23-13-2-3-14-15(10-13)24-17(18-14)20-5-4-12(11-20)16(21)19-6-8-22-9-7-19/h2-3,10,12H,4-9,11H2,1H3. The minimum atomic E-state index is 0.0943. The van der Waals surface area contributed by atoms with E-state index >= 15 is 0 Å². The average molecular weight is 364 g/mol. The van der Waals surface area contributed by atoms with Gasteiger partial charge in [-0.05, 0) is 30.9 Å². The van der Waals surface area contributed by atoms with Crippen molar-refractivity contribution in [1.29, 1.82) is 0 Å². The third-order valence-corrected chi connectivity index (χ3v) is 6.52. The van der Waals surface area contributed by atoms with Crippen molar-refractivity contribution in [1.82, 2.24) is 9.88 Å². The molecule has 0 aliphatic carbocycles. The van der Waals surface area contributed by atoms with Crippen LogP contribution in [-0.2, 0) is 9.53 Å². The Bertz CT molecular complexity index is 743. The highest BCUT2D eigenvalue weighted by molar-refractivity contribution is 7.98. The molecule has 1 unspecified atom stereocenters. The topological polar surface area (TPSA) is 45.7 Å². The Hall–Kier alpha value is -1.31. The number of hydrogen-bond acceptors (Lipinski definition) is 6. The zero-order valence-corrected chi connectivity index (χ0v) is 15.4. The van der Waals surface area contributed by atoms with Crippen molar-refractivity contribution in [3.63, 3.8) is 0 Å². The van der Waals surface area contributed by atoms with E-state index in [0.717, 1.165) is 43.2 Å². The van der Waals surface area contributed by atoms with E-state index in [9.17, 15) is 4.79 Å². The van der Waals surface area contributed by atoms with Gasteiger partial charge in [-0.2, -0.15) is 0 Å². The summed E-state index contributed by atoms with van der Waals surface area (Å²) in [5.74, 6) is 0.378. The fourth-order valence-corrected chi connectivity index (χ4v) is 4.89. The number of rotatable bonds is 3. The molecule has 1 amide bonds. The van der Waals surface area contributed by atoms with E-state index in [0.29, 0.717) is 13.2 Å². The first kappa shape index (κ1) is 16.2. The van der Waals surface area contributed by atoms with Crippen molar-refractivity contribution in [3.8, 4) is 0 Å². The fraction of sp³-hybridized carbons (Fsp3) is 0.529. The molecule has 1 atom stereocenters. The number of benzene rings is 1. The molecule has 2 fully saturated rings. The summed E-state index contributed by atoms with van der Waals surface area (Å²) < 4.78 is 6.56. The second-order valence-electron chi connectivity index (χ2n) is 6.20. The number of carbonyl (C=O) groups is 1. The molecule has 0 saturated carbocycles. The summed E-state index contributed by atoms with van der Waals surface area (Å²) in [6.45, 7) is 4.48. The minimum Gasteiger partial charge on any atom is -0.378 e. The van der Waals surface area contributed by atoms with Gasteiger partial charge >= 0.3 is 0 Å². The third kappa shape index (κ3) is 3.12. The van der Waals surface area contributed by atoms with Crippen LogP contribution < -0.4 is 4.90 Å². The number of thioether (sulfide) groups is 1. The summed E-state index contributed by atoms with van der Waals surface area (Å²) >= 11 is 3.48. The van der Waals surface area contributed by atoms with Crippen LogP contribution in [0.4, 0.5) is 5.13 Å². The number of thiazole rings is 1. The molecular weight excluding hydrogens is 342 g/mol. The van der Waals surface area contributed by atoms with Crippen LogP contribution in [0.1, 0.15) is 6.42 Å². The van der Waals surface area contributed by atoms with Crippen LogP contribution in [0.15, 0.2) is 23.1 Å². The predicted octanol–water partition coefficient (Wildman–Crippen LogP) is 2.70. The van der Waals surface area contributed by atoms with E-state index in [1.807, 2.05) is 4.90 Å². The van der Waals surface area contributed by atoms with Gasteiger partial charge < -0.3 is 14.5 Å². The molecule has 0 spiro atoms. The number of ether oxygens (including phenoxy) is 1. The summed E-state index contributed by atoms with van der Waals surface area (Å²) in [5.41, 5.74) is 1.05. The Kier molecular flexibility index (Phi) is 4.65. The molecule has 5 nitrogen and oxygen atoms in total. The molecule has 2 aliphatic heterocycles. The maximum Gasteiger partial charge on any atom is 0.227 e. The average Bonchev–Trinajstić information content (AvgIpc) is 3.27. The Balaban J connectivity index is 1.47. The zero-order chi connectivity index (χ0) is 16.5. The summed E-state index contributed by atoms with van der Waals surface area (Å²) in [5, 5.41) is 1.04. The van der Waals surface area contributed by atoms with Gasteiger partial charge in [-0.15, -0.1) is 11.8 Å². The maximum atomic E-state index is 12.7. The molecule has 4 rings (SSSR count). The molecule has 0 radical (unpaired) electrons. The largest absolute Gasteiger partial charge is 0.378 e. The molecule has 2 aromatic rings. The summed E-state index contributed by atoms with van der Waals surface area (Å²) in [6, 6.07) is 6.41. The number of nitrogens with zero attached hydrogens (tertiary/aromatic N) is 3. The van der Waals surface area contributed by atoms with Crippen LogP contribution in [0.2, 0.25) is 0 Å². The van der Waals surface area contributed by atoms with Crippen LogP contribution in [-0.4, -0.2) is 61.4 Å². The van der Waals surface area contributed by atoms with E-state index in [-0.39, 0.29) is 11.8 Å². The van der Waals surface area contributed by atoms with Crippen LogP contribution >= 0.6 is 23.1 Å². The highest BCUT2D eigenvalue weighted by Crippen LogP contribution is 2.34. The lowest BCUT2D eigenvalue weighted by atomic mass is 10.1. The molecule has 3 heterocycles. The minimum absolute atomic E-state index is 0.0943. The molecular formula is C17H21N3O2S2. The fourth-order valence-electron chi connectivity index (χ4n) is 3.33. The van der Waals surface area contributed by atoms with Gasteiger partial charge in [-0.1, -0.05) is 11.3 Å². The van der Waals surface area contributed by atoms with Gasteiger partial charge in [0.15, 0.2) is 5.13 Å². The van der Waals surface area contributed by atoms with E-state index in [1.165, 1.54) is 9.60 Å². The highest BCUT2D eigenvalue weighted by Gasteiger charge is 2.33. The third-order valence-electron chi connectivity index (χ3n) is 4.72. The van der Waals surface area contributed by atoms with Gasteiger partial charge in [0.25, 0.3) is 0 Å². The molecule has 0 bridgehead atoms. The number of fused-ring (bicyclic) bond motifs is 1. The Morgan fingerprint density at radius 1 is 1.33 bits per heavy atom. The Labute approximate surface area is 150 Å². The molecule has 2 saturated heterocycles. The van der Waals surface area contributed by atoms with Gasteiger partial charge in [0.2, 0.25) is 5.91 Å². The van der Waals surface area contributed by atoms with Crippen LogP contribution in [0.5, 0.6) is 0 Å². The number of aromatic nitrogens is 1. The van der Waals surface area contributed by atoms with Gasteiger partial charge in [0, 0.05) is 31.1 Å². The monoisotopic (exact) mass is 363 g/mol. The first-order valence-electron chi connectivity index (χ1n) is 8.30. The number of amides is 1. The maximum absolute atomic E-state index is 12.7. The van der Waals surface area contributed by atoms with Crippen LogP contribution in [0.25, 0.3) is 10.2 Å². The van der Waals surface area contributed by atoms with Crippen molar-refractivity contribution < 1.29 is 9.53 Å². The van der Waals surface area contributed by atoms with Crippen molar-refractivity contribution in [3.05, 3.63) is 18.2 Å². The quantitative estimate of drug-likeness (QED) is 0.785. The smallest absolute Gasteiger partial charge is 0.227 e. The molecule has 0 N–H and O–H groups in total. The lowest BCUT2D eigenvalue weighted by molar-refractivity contribution is -0.138. The SMILES string of the molecule is CSc1ccc2nc(N3CCC(C(=O)N4CCOCC4)C3)sc2c1. The summed E-state index contributed by atoms with van der Waals surface area (Å²) in [6.07, 6.45) is 3.01. The number of anilines is 1. The number of hydrogen-bond donors (Lipinski definition) is 0. The molecule has 128 valence electrons. The second-order valence-corrected chi connectivity index (χ2v) is 8.09. The Morgan fingerprint density at radius 3 is 2.96 bits per heavy atom. The van der Waals surface area contributed by atoms with Gasteiger partial charge in [0.05, 0.1) is 29.3 Å². The van der Waals surface area contributed by atoms with Crippen LogP contribution in [0.3, 0.4) is 0 Å². The molecule has 2 aliphatic rings. The number of carbonyl (C=O) groups excluding carboxylic acids is 1.